The summed E-state index contributed by atoms with van der Waals surface area (Å²) in [4.78, 5) is 2.44. The standard InChI is InChI=1S/C16H26BrFN2/c1-4-20(5-2)10-6-7-13(3)19-12-14-8-9-15(17)16(18)11-14/h8-9,11,13,19H,4-7,10,12H2,1-3H3. The van der Waals surface area contributed by atoms with E-state index < -0.39 is 0 Å². The fourth-order valence-electron chi connectivity index (χ4n) is 2.20. The Morgan fingerprint density at radius 3 is 2.60 bits per heavy atom. The monoisotopic (exact) mass is 344 g/mol. The number of nitrogens with one attached hydrogen (secondary N) is 1. The van der Waals surface area contributed by atoms with Crippen LogP contribution in [0.1, 0.15) is 39.2 Å². The van der Waals surface area contributed by atoms with Crippen LogP contribution in [0.3, 0.4) is 0 Å². The second-order valence-corrected chi connectivity index (χ2v) is 6.05. The minimum atomic E-state index is -0.196. The van der Waals surface area contributed by atoms with Crippen molar-refractivity contribution < 1.29 is 4.39 Å². The largest absolute Gasteiger partial charge is 0.310 e. The number of hydrogen-bond acceptors (Lipinski definition) is 2. The van der Waals surface area contributed by atoms with Crippen molar-refractivity contribution in [2.45, 2.75) is 46.2 Å². The van der Waals surface area contributed by atoms with Crippen molar-refractivity contribution in [1.82, 2.24) is 10.2 Å². The molecule has 114 valence electrons. The van der Waals surface area contributed by atoms with E-state index in [4.69, 9.17) is 0 Å². The summed E-state index contributed by atoms with van der Waals surface area (Å²) in [7, 11) is 0. The van der Waals surface area contributed by atoms with E-state index >= 15 is 0 Å². The molecule has 20 heavy (non-hydrogen) atoms. The highest BCUT2D eigenvalue weighted by Crippen LogP contribution is 2.16. The lowest BCUT2D eigenvalue weighted by Crippen LogP contribution is -2.28. The number of nitrogens with zero attached hydrogens (tertiary/aromatic N) is 1. The van der Waals surface area contributed by atoms with Gasteiger partial charge in [0.05, 0.1) is 4.47 Å². The summed E-state index contributed by atoms with van der Waals surface area (Å²) in [5.41, 5.74) is 0.987. The van der Waals surface area contributed by atoms with Crippen molar-refractivity contribution in [3.63, 3.8) is 0 Å². The third-order valence-electron chi connectivity index (χ3n) is 3.64. The van der Waals surface area contributed by atoms with Crippen molar-refractivity contribution in [3.05, 3.63) is 34.1 Å². The molecule has 1 aromatic rings. The molecule has 4 heteroatoms. The van der Waals surface area contributed by atoms with Gasteiger partial charge in [-0.25, -0.2) is 4.39 Å². The summed E-state index contributed by atoms with van der Waals surface area (Å²) in [5, 5.41) is 3.45. The van der Waals surface area contributed by atoms with Gasteiger partial charge in [0.25, 0.3) is 0 Å². The third kappa shape index (κ3) is 6.33. The average molecular weight is 345 g/mol. The highest BCUT2D eigenvalue weighted by Gasteiger charge is 2.05. The smallest absolute Gasteiger partial charge is 0.137 e. The van der Waals surface area contributed by atoms with E-state index in [0.717, 1.165) is 38.2 Å². The topological polar surface area (TPSA) is 15.3 Å². The van der Waals surface area contributed by atoms with Crippen LogP contribution >= 0.6 is 15.9 Å². The van der Waals surface area contributed by atoms with Gasteiger partial charge in [0.1, 0.15) is 5.82 Å². The molecular weight excluding hydrogens is 319 g/mol. The summed E-state index contributed by atoms with van der Waals surface area (Å²) >= 11 is 3.17. The summed E-state index contributed by atoms with van der Waals surface area (Å²) in [6, 6.07) is 5.75. The zero-order chi connectivity index (χ0) is 15.0. The molecule has 0 saturated heterocycles. The quantitative estimate of drug-likeness (QED) is 0.722. The van der Waals surface area contributed by atoms with Gasteiger partial charge in [-0.3, -0.25) is 0 Å². The molecule has 0 radical (unpaired) electrons. The third-order valence-corrected chi connectivity index (χ3v) is 4.29. The first-order valence-corrected chi connectivity index (χ1v) is 8.25. The molecule has 0 amide bonds. The van der Waals surface area contributed by atoms with E-state index in [1.54, 1.807) is 12.1 Å². The molecule has 0 spiro atoms. The van der Waals surface area contributed by atoms with Gasteiger partial charge in [-0.05, 0) is 73.0 Å². The highest BCUT2D eigenvalue weighted by molar-refractivity contribution is 9.10. The molecule has 1 aromatic carbocycles. The fraction of sp³-hybridized carbons (Fsp3) is 0.625. The second-order valence-electron chi connectivity index (χ2n) is 5.20. The molecule has 1 unspecified atom stereocenters. The molecule has 1 atom stereocenters. The van der Waals surface area contributed by atoms with Gasteiger partial charge in [0.15, 0.2) is 0 Å². The van der Waals surface area contributed by atoms with E-state index in [1.165, 1.54) is 6.42 Å². The normalized spacial score (nSPS) is 12.9. The van der Waals surface area contributed by atoms with Crippen LogP contribution in [0.2, 0.25) is 0 Å². The summed E-state index contributed by atoms with van der Waals surface area (Å²) in [6.07, 6.45) is 2.35. The van der Waals surface area contributed by atoms with Crippen molar-refractivity contribution in [1.29, 1.82) is 0 Å². The minimum absolute atomic E-state index is 0.196. The van der Waals surface area contributed by atoms with Crippen LogP contribution in [0.4, 0.5) is 4.39 Å². The van der Waals surface area contributed by atoms with Gasteiger partial charge >= 0.3 is 0 Å². The van der Waals surface area contributed by atoms with E-state index in [0.29, 0.717) is 10.5 Å². The van der Waals surface area contributed by atoms with Crippen molar-refractivity contribution in [2.24, 2.45) is 0 Å². The fourth-order valence-corrected chi connectivity index (χ4v) is 2.45. The van der Waals surface area contributed by atoms with E-state index in [2.05, 4.69) is 46.9 Å². The minimum Gasteiger partial charge on any atom is -0.310 e. The maximum atomic E-state index is 13.4. The van der Waals surface area contributed by atoms with Crippen LogP contribution in [0.15, 0.2) is 22.7 Å². The first-order valence-electron chi connectivity index (χ1n) is 7.46. The Morgan fingerprint density at radius 2 is 2.00 bits per heavy atom. The zero-order valence-electron chi connectivity index (χ0n) is 12.8. The van der Waals surface area contributed by atoms with Crippen LogP contribution in [0, 0.1) is 5.82 Å². The Hall–Kier alpha value is -0.450. The maximum absolute atomic E-state index is 13.4. The van der Waals surface area contributed by atoms with Gasteiger partial charge in [-0.2, -0.15) is 0 Å². The van der Waals surface area contributed by atoms with Crippen molar-refractivity contribution in [3.8, 4) is 0 Å². The first-order chi connectivity index (χ1) is 9.56. The van der Waals surface area contributed by atoms with E-state index in [1.807, 2.05) is 6.07 Å². The highest BCUT2D eigenvalue weighted by atomic mass is 79.9. The van der Waals surface area contributed by atoms with Crippen LogP contribution < -0.4 is 5.32 Å². The van der Waals surface area contributed by atoms with Crippen LogP contribution in [0.5, 0.6) is 0 Å². The van der Waals surface area contributed by atoms with Crippen molar-refractivity contribution in [2.75, 3.05) is 19.6 Å². The van der Waals surface area contributed by atoms with Crippen LogP contribution in [-0.2, 0) is 6.54 Å². The molecule has 0 aromatic heterocycles. The Kier molecular flexibility index (Phi) is 8.34. The van der Waals surface area contributed by atoms with Gasteiger partial charge in [-0.1, -0.05) is 19.9 Å². The Morgan fingerprint density at radius 1 is 1.30 bits per heavy atom. The van der Waals surface area contributed by atoms with E-state index in [-0.39, 0.29) is 5.82 Å². The first kappa shape index (κ1) is 17.6. The molecule has 0 aliphatic carbocycles. The van der Waals surface area contributed by atoms with Gasteiger partial charge in [0.2, 0.25) is 0 Å². The molecule has 0 saturated carbocycles. The number of rotatable bonds is 9. The van der Waals surface area contributed by atoms with Crippen LogP contribution in [0.25, 0.3) is 0 Å². The lowest BCUT2D eigenvalue weighted by molar-refractivity contribution is 0.290. The van der Waals surface area contributed by atoms with Gasteiger partial charge < -0.3 is 10.2 Å². The molecule has 0 aliphatic heterocycles. The molecule has 1 rings (SSSR count). The summed E-state index contributed by atoms with van der Waals surface area (Å²) in [5.74, 6) is -0.196. The average Bonchev–Trinajstić information content (AvgIpc) is 2.45. The number of hydrogen-bond donors (Lipinski definition) is 1. The molecule has 0 aliphatic rings. The van der Waals surface area contributed by atoms with Gasteiger partial charge in [0, 0.05) is 12.6 Å². The van der Waals surface area contributed by atoms with Crippen LogP contribution in [-0.4, -0.2) is 30.6 Å². The molecule has 0 fully saturated rings. The predicted octanol–water partition coefficient (Wildman–Crippen LogP) is 4.19. The summed E-state index contributed by atoms with van der Waals surface area (Å²) < 4.78 is 13.9. The maximum Gasteiger partial charge on any atom is 0.137 e. The molecule has 1 N–H and O–H groups in total. The lowest BCUT2D eigenvalue weighted by atomic mass is 10.1. The molecular formula is C16H26BrFN2. The molecule has 0 heterocycles. The Balaban J connectivity index is 2.25. The second kappa shape index (κ2) is 9.48. The Labute approximate surface area is 130 Å². The van der Waals surface area contributed by atoms with E-state index in [9.17, 15) is 4.39 Å². The Bertz CT molecular complexity index is 394. The summed E-state index contributed by atoms with van der Waals surface area (Å²) in [6.45, 7) is 10.7. The zero-order valence-corrected chi connectivity index (χ0v) is 14.3. The number of halogens is 2. The SMILES string of the molecule is CCN(CC)CCCC(C)NCc1ccc(Br)c(F)c1. The molecule has 0 bridgehead atoms. The van der Waals surface area contributed by atoms with Crippen molar-refractivity contribution >= 4 is 15.9 Å². The number of benzene rings is 1. The molecule has 2 nitrogen and oxygen atoms in total. The van der Waals surface area contributed by atoms with Gasteiger partial charge in [-0.15, -0.1) is 0 Å². The lowest BCUT2D eigenvalue weighted by Gasteiger charge is -2.19. The predicted molar refractivity (Wildman–Crippen MR) is 87.4 cm³/mol.